The first-order chi connectivity index (χ1) is 10.8. The Morgan fingerprint density at radius 1 is 1.20 bits per heavy atom. The first-order valence-corrected chi connectivity index (χ1v) is 7.89. The van der Waals surface area contributed by atoms with Crippen LogP contribution in [0.3, 0.4) is 0 Å². The van der Waals surface area contributed by atoms with Crippen LogP contribution >= 0.6 is 0 Å². The molecule has 1 atom stereocenters. The average Bonchev–Trinajstić information content (AvgIpc) is 2.47. The third-order valence-electron chi connectivity index (χ3n) is 1.94. The van der Waals surface area contributed by atoms with Gasteiger partial charge in [0.05, 0.1) is 0 Å². The van der Waals surface area contributed by atoms with Crippen LogP contribution in [0.25, 0.3) is 4.85 Å². The SMILES string of the molecule is O=S(=O)=O.[C-]#[N+]c1nc(NCCS(=O)[O-])c(C#N)nc1NC[CH2-].[Na+].[Na+]. The largest absolute Gasteiger partial charge is 1.00 e. The molecule has 1 rings (SSSR count). The first-order valence-electron chi connectivity index (χ1n) is 5.64. The summed E-state index contributed by atoms with van der Waals surface area (Å²) in [6.07, 6.45) is 0. The van der Waals surface area contributed by atoms with Crippen molar-refractivity contribution in [3.05, 3.63) is 24.0 Å². The molecule has 15 heteroatoms. The zero-order chi connectivity index (χ0) is 17.8. The Kier molecular flexibility index (Phi) is 19.6. The third kappa shape index (κ3) is 13.3. The van der Waals surface area contributed by atoms with Crippen molar-refractivity contribution in [1.29, 1.82) is 5.26 Å². The molecule has 0 amide bonds. The number of nitrogens with zero attached hydrogens (tertiary/aromatic N) is 4. The van der Waals surface area contributed by atoms with Crippen LogP contribution in [0.15, 0.2) is 0 Å². The molecule has 1 aromatic heterocycles. The molecular formula is C10H10N6Na2O5S2. The third-order valence-corrected chi connectivity index (χ3v) is 2.48. The van der Waals surface area contributed by atoms with Gasteiger partial charge in [0.2, 0.25) is 5.69 Å². The van der Waals surface area contributed by atoms with Crippen molar-refractivity contribution in [2.45, 2.75) is 0 Å². The predicted molar refractivity (Wildman–Crippen MR) is 78.8 cm³/mol. The Labute approximate surface area is 192 Å². The summed E-state index contributed by atoms with van der Waals surface area (Å²) in [4.78, 5) is 11.1. The van der Waals surface area contributed by atoms with Gasteiger partial charge in [-0.3, -0.25) is 4.21 Å². The van der Waals surface area contributed by atoms with Crippen molar-refractivity contribution in [2.24, 2.45) is 0 Å². The van der Waals surface area contributed by atoms with Gasteiger partial charge in [-0.15, -0.1) is 19.2 Å². The average molecular weight is 404 g/mol. The zero-order valence-electron chi connectivity index (χ0n) is 13.5. The Balaban J connectivity index is -0.000000728. The molecule has 0 aromatic carbocycles. The summed E-state index contributed by atoms with van der Waals surface area (Å²) < 4.78 is 46.1. The molecule has 0 aliphatic carbocycles. The smallest absolute Gasteiger partial charge is 0.772 e. The number of aromatic nitrogens is 2. The van der Waals surface area contributed by atoms with E-state index in [1.807, 2.05) is 6.07 Å². The molecule has 0 radical (unpaired) electrons. The van der Waals surface area contributed by atoms with Crippen LogP contribution in [0.5, 0.6) is 0 Å². The van der Waals surface area contributed by atoms with Crippen LogP contribution in [-0.4, -0.2) is 50.2 Å². The standard InChI is InChI=1S/C10H11N6O2S.2Na.O3S/c1-3-13-10-9(12-2)16-8(7(6-11)15-10)14-4-5-19(17)18;;;1-4(2)3/h1,3-5H2,(H,13,15)(H,14,16)(H,17,18);;;/q-1;2*+1;/p-1. The molecule has 1 heterocycles. The minimum Gasteiger partial charge on any atom is -0.772 e. The fourth-order valence-electron chi connectivity index (χ4n) is 1.20. The van der Waals surface area contributed by atoms with Crippen LogP contribution in [-0.2, 0) is 21.7 Å². The first kappa shape index (κ1) is 29.2. The molecule has 0 aliphatic rings. The maximum Gasteiger partial charge on any atom is 1.00 e. The number of nitrogens with one attached hydrogen (secondary N) is 2. The molecule has 0 saturated carbocycles. The van der Waals surface area contributed by atoms with Crippen molar-refractivity contribution in [3.8, 4) is 6.07 Å². The number of hydrogen-bond acceptors (Lipinski definition) is 10. The van der Waals surface area contributed by atoms with Gasteiger partial charge in [0.15, 0.2) is 5.82 Å². The molecule has 1 unspecified atom stereocenters. The van der Waals surface area contributed by atoms with Gasteiger partial charge in [0, 0.05) is 12.3 Å². The van der Waals surface area contributed by atoms with E-state index in [0.29, 0.717) is 6.54 Å². The summed E-state index contributed by atoms with van der Waals surface area (Å²) in [5, 5.41) is 14.3. The maximum atomic E-state index is 10.4. The van der Waals surface area contributed by atoms with Gasteiger partial charge < -0.3 is 27.0 Å². The number of hydrogen-bond donors (Lipinski definition) is 2. The van der Waals surface area contributed by atoms with Crippen molar-refractivity contribution >= 4 is 39.1 Å². The molecule has 2 N–H and O–H groups in total. The van der Waals surface area contributed by atoms with Crippen molar-refractivity contribution in [3.63, 3.8) is 0 Å². The van der Waals surface area contributed by atoms with Gasteiger partial charge in [0.1, 0.15) is 6.07 Å². The summed E-state index contributed by atoms with van der Waals surface area (Å²) in [6.45, 7) is 10.9. The van der Waals surface area contributed by atoms with E-state index in [1.54, 1.807) is 0 Å². The Hall–Kier alpha value is -0.610. The van der Waals surface area contributed by atoms with Gasteiger partial charge in [-0.1, -0.05) is 22.6 Å². The Morgan fingerprint density at radius 3 is 2.16 bits per heavy atom. The second-order valence-electron chi connectivity index (χ2n) is 3.38. The number of anilines is 2. The van der Waals surface area contributed by atoms with Crippen LogP contribution in [0, 0.1) is 24.8 Å². The van der Waals surface area contributed by atoms with Crippen LogP contribution in [0.1, 0.15) is 5.69 Å². The molecule has 25 heavy (non-hydrogen) atoms. The summed E-state index contributed by atoms with van der Waals surface area (Å²) >= 11 is -2.19. The predicted octanol–water partition coefficient (Wildman–Crippen LogP) is -6.56. The summed E-state index contributed by atoms with van der Waals surface area (Å²) in [5.74, 6) is 0.139. The van der Waals surface area contributed by atoms with Gasteiger partial charge in [-0.05, 0) is 0 Å². The van der Waals surface area contributed by atoms with Crippen LogP contribution in [0.2, 0.25) is 0 Å². The van der Waals surface area contributed by atoms with Gasteiger partial charge in [-0.25, -0.2) is 4.98 Å². The van der Waals surface area contributed by atoms with Gasteiger partial charge in [-0.2, -0.15) is 5.26 Å². The van der Waals surface area contributed by atoms with Crippen LogP contribution in [0.4, 0.5) is 17.5 Å². The number of rotatable bonds is 6. The van der Waals surface area contributed by atoms with E-state index >= 15 is 0 Å². The minimum absolute atomic E-state index is 0. The van der Waals surface area contributed by atoms with Crippen molar-refractivity contribution in [1.82, 2.24) is 9.97 Å². The van der Waals surface area contributed by atoms with E-state index in [4.69, 9.17) is 24.5 Å². The van der Waals surface area contributed by atoms with E-state index < -0.39 is 21.7 Å². The fraction of sp³-hybridized carbons (Fsp3) is 0.300. The van der Waals surface area contributed by atoms with Gasteiger partial charge >= 0.3 is 75.5 Å². The van der Waals surface area contributed by atoms with E-state index in [-0.39, 0.29) is 94.6 Å². The summed E-state index contributed by atoms with van der Waals surface area (Å²) in [7, 11) is -3.11. The van der Waals surface area contributed by atoms with Gasteiger partial charge in [0.25, 0.3) is 5.82 Å². The topological polar surface area (TPSA) is 169 Å². The Morgan fingerprint density at radius 2 is 1.76 bits per heavy atom. The fourth-order valence-corrected chi connectivity index (χ4v) is 1.46. The molecule has 0 bridgehead atoms. The molecule has 0 spiro atoms. The quantitative estimate of drug-likeness (QED) is 0.264. The number of nitriles is 1. The van der Waals surface area contributed by atoms with Crippen molar-refractivity contribution < 1.29 is 80.5 Å². The van der Waals surface area contributed by atoms with Crippen molar-refractivity contribution in [2.75, 3.05) is 29.5 Å². The molecule has 0 aliphatic heterocycles. The second kappa shape index (κ2) is 16.8. The van der Waals surface area contributed by atoms with E-state index in [9.17, 15) is 8.76 Å². The molecule has 0 saturated heterocycles. The maximum absolute atomic E-state index is 10.4. The molecule has 0 fully saturated rings. The monoisotopic (exact) mass is 404 g/mol. The van der Waals surface area contributed by atoms with Crippen LogP contribution < -0.4 is 69.7 Å². The summed E-state index contributed by atoms with van der Waals surface area (Å²) in [6, 6.07) is 1.83. The molecular weight excluding hydrogens is 394 g/mol. The van der Waals surface area contributed by atoms with E-state index in [0.717, 1.165) is 0 Å². The zero-order valence-corrected chi connectivity index (χ0v) is 19.1. The van der Waals surface area contributed by atoms with E-state index in [1.165, 1.54) is 0 Å². The van der Waals surface area contributed by atoms with E-state index in [2.05, 4.69) is 32.4 Å². The minimum atomic E-state index is -3.11. The normalized spacial score (nSPS) is 9.44. The molecule has 11 nitrogen and oxygen atoms in total. The molecule has 124 valence electrons. The second-order valence-corrected chi connectivity index (χ2v) is 4.81. The Bertz CT molecular complexity index is 755. The molecule has 1 aromatic rings. The summed E-state index contributed by atoms with van der Waals surface area (Å²) in [5.41, 5.74) is -0.0139.